The number of nitrogens with zero attached hydrogens (tertiary/aromatic N) is 1. The highest BCUT2D eigenvalue weighted by Gasteiger charge is 2.29. The predicted molar refractivity (Wildman–Crippen MR) is 67.3 cm³/mol. The molecule has 0 aliphatic carbocycles. The van der Waals surface area contributed by atoms with Crippen molar-refractivity contribution in [3.63, 3.8) is 0 Å². The Labute approximate surface area is 114 Å². The van der Waals surface area contributed by atoms with Crippen LogP contribution in [0.3, 0.4) is 0 Å². The molecule has 0 spiro atoms. The van der Waals surface area contributed by atoms with Gasteiger partial charge < -0.3 is 15.0 Å². The SMILES string of the molecule is CN1CC[C@@H](CNc2cccc(F)c2OC(F)F)C1=O. The number of nitrogens with one attached hydrogen (secondary N) is 1. The smallest absolute Gasteiger partial charge is 0.387 e. The molecule has 0 bridgehead atoms. The Morgan fingerprint density at radius 2 is 2.25 bits per heavy atom. The molecule has 1 aliphatic heterocycles. The maximum atomic E-state index is 13.5. The number of anilines is 1. The van der Waals surface area contributed by atoms with Crippen molar-refractivity contribution >= 4 is 11.6 Å². The normalized spacial score (nSPS) is 18.8. The molecule has 1 saturated heterocycles. The number of rotatable bonds is 5. The van der Waals surface area contributed by atoms with Gasteiger partial charge in [0, 0.05) is 20.1 Å². The van der Waals surface area contributed by atoms with E-state index in [-0.39, 0.29) is 24.1 Å². The van der Waals surface area contributed by atoms with Crippen molar-refractivity contribution in [1.82, 2.24) is 4.90 Å². The van der Waals surface area contributed by atoms with Crippen LogP contribution in [0.15, 0.2) is 18.2 Å². The summed E-state index contributed by atoms with van der Waals surface area (Å²) in [5, 5.41) is 2.81. The van der Waals surface area contributed by atoms with Gasteiger partial charge in [0.1, 0.15) is 0 Å². The van der Waals surface area contributed by atoms with Gasteiger partial charge in [-0.25, -0.2) is 4.39 Å². The van der Waals surface area contributed by atoms with Crippen LogP contribution in [-0.4, -0.2) is 37.6 Å². The van der Waals surface area contributed by atoms with E-state index in [9.17, 15) is 18.0 Å². The van der Waals surface area contributed by atoms with E-state index in [0.717, 1.165) is 6.07 Å². The number of amides is 1. The second-order valence-corrected chi connectivity index (χ2v) is 4.62. The van der Waals surface area contributed by atoms with Gasteiger partial charge in [0.2, 0.25) is 5.91 Å². The fourth-order valence-electron chi connectivity index (χ4n) is 2.17. The molecular formula is C13H15F3N2O2. The highest BCUT2D eigenvalue weighted by atomic mass is 19.3. The van der Waals surface area contributed by atoms with Crippen molar-refractivity contribution in [2.75, 3.05) is 25.5 Å². The highest BCUT2D eigenvalue weighted by molar-refractivity contribution is 5.81. The first-order valence-electron chi connectivity index (χ1n) is 6.21. The van der Waals surface area contributed by atoms with Crippen LogP contribution in [0.1, 0.15) is 6.42 Å². The Balaban J connectivity index is 2.06. The molecule has 0 unspecified atom stereocenters. The van der Waals surface area contributed by atoms with Crippen LogP contribution in [0.5, 0.6) is 5.75 Å². The molecule has 1 aromatic carbocycles. The fraction of sp³-hybridized carbons (Fsp3) is 0.462. The van der Waals surface area contributed by atoms with Gasteiger partial charge in [-0.2, -0.15) is 8.78 Å². The van der Waals surface area contributed by atoms with Crippen LogP contribution in [0.2, 0.25) is 0 Å². The second kappa shape index (κ2) is 6.02. The lowest BCUT2D eigenvalue weighted by Gasteiger charge is -2.15. The fourth-order valence-corrected chi connectivity index (χ4v) is 2.17. The molecule has 7 heteroatoms. The van der Waals surface area contributed by atoms with E-state index in [0.29, 0.717) is 13.0 Å². The minimum absolute atomic E-state index is 0.00905. The minimum atomic E-state index is -3.10. The summed E-state index contributed by atoms with van der Waals surface area (Å²) in [6.07, 6.45) is 0.683. The van der Waals surface area contributed by atoms with E-state index >= 15 is 0 Å². The van der Waals surface area contributed by atoms with E-state index in [2.05, 4.69) is 10.1 Å². The van der Waals surface area contributed by atoms with Crippen LogP contribution < -0.4 is 10.1 Å². The quantitative estimate of drug-likeness (QED) is 0.904. The Morgan fingerprint density at radius 3 is 2.85 bits per heavy atom. The van der Waals surface area contributed by atoms with Gasteiger partial charge in [-0.3, -0.25) is 4.79 Å². The number of para-hydroxylation sites is 1. The zero-order chi connectivity index (χ0) is 14.7. The third-order valence-electron chi connectivity index (χ3n) is 3.25. The van der Waals surface area contributed by atoms with Crippen molar-refractivity contribution in [1.29, 1.82) is 0 Å². The van der Waals surface area contributed by atoms with E-state index in [1.54, 1.807) is 11.9 Å². The molecule has 4 nitrogen and oxygen atoms in total. The number of ether oxygens (including phenoxy) is 1. The molecule has 1 N–H and O–H groups in total. The number of hydrogen-bond acceptors (Lipinski definition) is 3. The van der Waals surface area contributed by atoms with E-state index < -0.39 is 18.2 Å². The molecule has 0 saturated carbocycles. The largest absolute Gasteiger partial charge is 0.429 e. The molecule has 0 radical (unpaired) electrons. The highest BCUT2D eigenvalue weighted by Crippen LogP contribution is 2.30. The lowest BCUT2D eigenvalue weighted by molar-refractivity contribution is -0.129. The number of likely N-dealkylation sites (tertiary alicyclic amines) is 1. The van der Waals surface area contributed by atoms with Crippen LogP contribution in [0.25, 0.3) is 0 Å². The van der Waals surface area contributed by atoms with Gasteiger partial charge in [-0.05, 0) is 18.6 Å². The molecule has 1 atom stereocenters. The first-order valence-corrected chi connectivity index (χ1v) is 6.21. The van der Waals surface area contributed by atoms with Crippen LogP contribution in [-0.2, 0) is 4.79 Å². The molecule has 1 heterocycles. The van der Waals surface area contributed by atoms with E-state index in [4.69, 9.17) is 0 Å². The molecular weight excluding hydrogens is 273 g/mol. The van der Waals surface area contributed by atoms with Crippen molar-refractivity contribution < 1.29 is 22.7 Å². The van der Waals surface area contributed by atoms with Crippen molar-refractivity contribution in [3.8, 4) is 5.75 Å². The van der Waals surface area contributed by atoms with Crippen molar-refractivity contribution in [3.05, 3.63) is 24.0 Å². The summed E-state index contributed by atoms with van der Waals surface area (Å²) in [6.45, 7) is -2.19. The number of carbonyl (C=O) groups excluding carboxylic acids is 1. The predicted octanol–water partition coefficient (Wildman–Crippen LogP) is 2.32. The third-order valence-corrected chi connectivity index (χ3v) is 3.25. The summed E-state index contributed by atoms with van der Waals surface area (Å²) < 4.78 is 42.2. The summed E-state index contributed by atoms with van der Waals surface area (Å²) in [5.74, 6) is -1.64. The zero-order valence-corrected chi connectivity index (χ0v) is 10.9. The van der Waals surface area contributed by atoms with Gasteiger partial charge in [0.05, 0.1) is 11.6 Å². The summed E-state index contributed by atoms with van der Waals surface area (Å²) in [6, 6.07) is 3.86. The lowest BCUT2D eigenvalue weighted by atomic mass is 10.1. The molecule has 2 rings (SSSR count). The summed E-state index contributed by atoms with van der Waals surface area (Å²) in [7, 11) is 1.70. The van der Waals surface area contributed by atoms with Gasteiger partial charge in [0.25, 0.3) is 0 Å². The van der Waals surface area contributed by atoms with Crippen LogP contribution in [0, 0.1) is 11.7 Å². The molecule has 1 aliphatic rings. The van der Waals surface area contributed by atoms with Crippen molar-refractivity contribution in [2.45, 2.75) is 13.0 Å². The second-order valence-electron chi connectivity index (χ2n) is 4.62. The first kappa shape index (κ1) is 14.5. The monoisotopic (exact) mass is 288 g/mol. The van der Waals surface area contributed by atoms with Gasteiger partial charge in [-0.15, -0.1) is 0 Å². The lowest BCUT2D eigenvalue weighted by Crippen LogP contribution is -2.26. The average molecular weight is 288 g/mol. The van der Waals surface area contributed by atoms with Crippen molar-refractivity contribution in [2.24, 2.45) is 5.92 Å². The van der Waals surface area contributed by atoms with Gasteiger partial charge >= 0.3 is 6.61 Å². The van der Waals surface area contributed by atoms with Crippen LogP contribution >= 0.6 is 0 Å². The summed E-state index contributed by atoms with van der Waals surface area (Å²) in [4.78, 5) is 13.3. The minimum Gasteiger partial charge on any atom is -0.429 e. The topological polar surface area (TPSA) is 41.6 Å². The molecule has 110 valence electrons. The Hall–Kier alpha value is -1.92. The third kappa shape index (κ3) is 3.15. The number of benzene rings is 1. The van der Waals surface area contributed by atoms with Gasteiger partial charge in [0.15, 0.2) is 11.6 Å². The maximum absolute atomic E-state index is 13.5. The standard InChI is InChI=1S/C13H15F3N2O2/c1-18-6-5-8(12(18)19)7-17-10-4-2-3-9(14)11(10)20-13(15)16/h2-4,8,13,17H,5-7H2,1H3/t8-/m0/s1. The Bertz CT molecular complexity index is 497. The Morgan fingerprint density at radius 1 is 1.50 bits per heavy atom. The maximum Gasteiger partial charge on any atom is 0.387 e. The summed E-state index contributed by atoms with van der Waals surface area (Å²) >= 11 is 0. The average Bonchev–Trinajstić information content (AvgIpc) is 2.70. The summed E-state index contributed by atoms with van der Waals surface area (Å²) in [5.41, 5.74) is 0.118. The number of carbonyl (C=O) groups is 1. The molecule has 1 fully saturated rings. The molecule has 1 aromatic rings. The van der Waals surface area contributed by atoms with E-state index in [1.165, 1.54) is 12.1 Å². The number of hydrogen-bond donors (Lipinski definition) is 1. The molecule has 0 aromatic heterocycles. The molecule has 1 amide bonds. The van der Waals surface area contributed by atoms with Gasteiger partial charge in [-0.1, -0.05) is 6.07 Å². The van der Waals surface area contributed by atoms with Crippen LogP contribution in [0.4, 0.5) is 18.9 Å². The van der Waals surface area contributed by atoms with E-state index in [1.807, 2.05) is 0 Å². The first-order chi connectivity index (χ1) is 9.49. The Kier molecular flexibility index (Phi) is 4.36. The molecule has 20 heavy (non-hydrogen) atoms. The number of alkyl halides is 2. The zero-order valence-electron chi connectivity index (χ0n) is 10.9. The number of halogens is 3.